The molecule has 0 aliphatic carbocycles. The molecule has 1 saturated heterocycles. The number of hydrogen-bond acceptors (Lipinski definition) is 11. The number of hydrogen-bond donors (Lipinski definition) is 2. The van der Waals surface area contributed by atoms with E-state index in [1.165, 1.54) is 0 Å². The van der Waals surface area contributed by atoms with Gasteiger partial charge in [-0.05, 0) is 0 Å². The Morgan fingerprint density at radius 3 is 1.73 bits per heavy atom. The van der Waals surface area contributed by atoms with Crippen molar-refractivity contribution in [1.82, 2.24) is 0 Å². The van der Waals surface area contributed by atoms with Crippen molar-refractivity contribution in [2.24, 2.45) is 0 Å². The first-order valence-corrected chi connectivity index (χ1v) is 7.30. The monoisotopic (exact) mass is 398 g/mol. The molecule has 2 N–H and O–H groups in total. The molecule has 0 radical (unpaired) electrons. The quantitative estimate of drug-likeness (QED) is 0.330. The summed E-state index contributed by atoms with van der Waals surface area (Å²) in [4.78, 5) is 40.9. The van der Waals surface area contributed by atoms with Gasteiger partial charge in [0.2, 0.25) is 0 Å². The van der Waals surface area contributed by atoms with Crippen LogP contribution in [0.3, 0.4) is 0 Å². The first-order chi connectivity index (χ1) is 7.99. The average molecular weight is 398 g/mol. The minimum atomic E-state index is -5.47. The van der Waals surface area contributed by atoms with E-state index >= 15 is 0 Å². The fraction of sp³-hybridized carbons (Fsp3) is 1.00. The molecule has 108 valence electrons. The first-order valence-electron chi connectivity index (χ1n) is 4.38. The van der Waals surface area contributed by atoms with E-state index in [0.29, 0.717) is 0 Å². The van der Waals surface area contributed by atoms with Gasteiger partial charge >= 0.3 is 118 Å². The summed E-state index contributed by atoms with van der Waals surface area (Å²) in [7, 11) is -10.8. The first kappa shape index (κ1) is 33.7. The van der Waals surface area contributed by atoms with Crippen LogP contribution >= 0.6 is 15.6 Å². The predicted octanol–water partition coefficient (Wildman–Crippen LogP) is -16.9. The largest absolute Gasteiger partial charge is 1.00 e. The molecular formula is C5H8Na4O11P2. The molecule has 0 saturated carbocycles. The Balaban J connectivity index is -0.000000405. The second-order valence-corrected chi connectivity index (χ2v) is 5.58. The van der Waals surface area contributed by atoms with Crippen LogP contribution in [0.1, 0.15) is 0 Å². The van der Waals surface area contributed by atoms with Gasteiger partial charge < -0.3 is 52.7 Å². The molecule has 1 heterocycles. The molecular weight excluding hydrogens is 390 g/mol. The molecule has 1 fully saturated rings. The van der Waals surface area contributed by atoms with Crippen molar-refractivity contribution >= 4 is 15.6 Å². The maximum absolute atomic E-state index is 10.3. The summed E-state index contributed by atoms with van der Waals surface area (Å²) in [5.74, 6) is 0. The van der Waals surface area contributed by atoms with Gasteiger partial charge in [-0.2, -0.15) is 0 Å². The van der Waals surface area contributed by atoms with Gasteiger partial charge in [0.15, 0.2) is 6.29 Å². The minimum Gasteiger partial charge on any atom is -0.790 e. The zero-order valence-electron chi connectivity index (χ0n) is 12.5. The third kappa shape index (κ3) is 13.3. The van der Waals surface area contributed by atoms with Gasteiger partial charge in [-0.15, -0.1) is 0 Å². The van der Waals surface area contributed by atoms with Crippen molar-refractivity contribution in [2.45, 2.75) is 24.6 Å². The molecule has 4 unspecified atom stereocenters. The summed E-state index contributed by atoms with van der Waals surface area (Å²) < 4.78 is 32.5. The molecule has 0 aromatic rings. The predicted molar refractivity (Wildman–Crippen MR) is 42.9 cm³/mol. The molecule has 1 aliphatic heterocycles. The van der Waals surface area contributed by atoms with Crippen LogP contribution in [0.2, 0.25) is 0 Å². The van der Waals surface area contributed by atoms with Gasteiger partial charge in [0.25, 0.3) is 0 Å². The minimum absolute atomic E-state index is 0. The standard InChI is InChI=1S/C5H12O11P2.4Na/c6-3-2(1-14-17(8,9)10)15-5(4(3)7)16-18(11,12)13;;;;/h2-7H,1H2,(H2,8,9,10)(H2,11,12,13);;;;/q;4*+1/p-4. The number of phosphoric acid groups is 2. The van der Waals surface area contributed by atoms with Crippen molar-refractivity contribution < 1.29 is 171 Å². The van der Waals surface area contributed by atoms with E-state index in [2.05, 4.69) is 13.8 Å². The molecule has 0 spiro atoms. The maximum atomic E-state index is 10.3. The van der Waals surface area contributed by atoms with E-state index in [1.807, 2.05) is 0 Å². The number of aliphatic hydroxyl groups excluding tert-OH is 2. The topological polar surface area (TPSA) is 195 Å². The smallest absolute Gasteiger partial charge is 0.790 e. The van der Waals surface area contributed by atoms with Crippen LogP contribution in [0.25, 0.3) is 0 Å². The van der Waals surface area contributed by atoms with Crippen LogP contribution in [0.15, 0.2) is 0 Å². The molecule has 0 aromatic carbocycles. The van der Waals surface area contributed by atoms with Crippen molar-refractivity contribution in [3.8, 4) is 0 Å². The van der Waals surface area contributed by atoms with Crippen LogP contribution in [-0.4, -0.2) is 41.4 Å². The summed E-state index contributed by atoms with van der Waals surface area (Å²) in [6.07, 6.45) is -7.22. The van der Waals surface area contributed by atoms with Gasteiger partial charge in [-0.1, -0.05) is 0 Å². The van der Waals surface area contributed by atoms with Gasteiger partial charge in [0.1, 0.15) is 18.3 Å². The van der Waals surface area contributed by atoms with Crippen LogP contribution in [0, 0.1) is 0 Å². The summed E-state index contributed by atoms with van der Waals surface area (Å²) in [5, 5.41) is 18.5. The molecule has 1 aliphatic rings. The Morgan fingerprint density at radius 2 is 1.36 bits per heavy atom. The van der Waals surface area contributed by atoms with Gasteiger partial charge in [0.05, 0.1) is 22.3 Å². The molecule has 4 atom stereocenters. The fourth-order valence-electron chi connectivity index (χ4n) is 1.23. The van der Waals surface area contributed by atoms with Gasteiger partial charge in [-0.3, -0.25) is 0 Å². The summed E-state index contributed by atoms with van der Waals surface area (Å²) >= 11 is 0. The number of rotatable bonds is 5. The normalized spacial score (nSPS) is 27.7. The van der Waals surface area contributed by atoms with Crippen LogP contribution in [-0.2, 0) is 22.9 Å². The molecule has 0 aromatic heterocycles. The second-order valence-electron chi connectivity index (χ2n) is 3.32. The van der Waals surface area contributed by atoms with E-state index in [4.69, 9.17) is 0 Å². The third-order valence-electron chi connectivity index (χ3n) is 1.95. The van der Waals surface area contributed by atoms with E-state index in [1.54, 1.807) is 0 Å². The van der Waals surface area contributed by atoms with Crippen LogP contribution in [0.4, 0.5) is 0 Å². The molecule has 0 amide bonds. The average Bonchev–Trinajstić information content (AvgIpc) is 2.40. The second kappa shape index (κ2) is 14.1. The number of ether oxygens (including phenoxy) is 1. The third-order valence-corrected chi connectivity index (χ3v) is 2.88. The van der Waals surface area contributed by atoms with Gasteiger partial charge in [0, 0.05) is 0 Å². The summed E-state index contributed by atoms with van der Waals surface area (Å²) in [6, 6.07) is 0. The van der Waals surface area contributed by atoms with Crippen LogP contribution in [0.5, 0.6) is 0 Å². The van der Waals surface area contributed by atoms with E-state index in [0.717, 1.165) is 0 Å². The zero-order valence-corrected chi connectivity index (χ0v) is 22.3. The number of phosphoric ester groups is 2. The van der Waals surface area contributed by atoms with Crippen molar-refractivity contribution in [1.29, 1.82) is 0 Å². The van der Waals surface area contributed by atoms with E-state index in [-0.39, 0.29) is 118 Å². The Hall–Kier alpha value is 4.10. The Kier molecular flexibility index (Phi) is 21.7. The van der Waals surface area contributed by atoms with Gasteiger partial charge in [-0.25, -0.2) is 0 Å². The SMILES string of the molecule is O=P([O-])([O-])OCC1OC(OP(=O)([O-])[O-])C(O)C1O.[Na+].[Na+].[Na+].[Na+]. The molecule has 11 nitrogen and oxygen atoms in total. The molecule has 1 rings (SSSR count). The zero-order chi connectivity index (χ0) is 14.1. The molecule has 0 bridgehead atoms. The van der Waals surface area contributed by atoms with Crippen LogP contribution < -0.4 is 138 Å². The number of aliphatic hydroxyl groups is 2. The Labute approximate surface area is 214 Å². The van der Waals surface area contributed by atoms with E-state index in [9.17, 15) is 38.9 Å². The Bertz CT molecular complexity index is 387. The Morgan fingerprint density at radius 1 is 0.909 bits per heavy atom. The molecule has 22 heavy (non-hydrogen) atoms. The van der Waals surface area contributed by atoms with Crippen molar-refractivity contribution in [3.63, 3.8) is 0 Å². The summed E-state index contributed by atoms with van der Waals surface area (Å²) in [5.41, 5.74) is 0. The van der Waals surface area contributed by atoms with E-state index < -0.39 is 46.9 Å². The maximum Gasteiger partial charge on any atom is 1.00 e. The molecule has 17 heteroatoms. The van der Waals surface area contributed by atoms with Crippen molar-refractivity contribution in [2.75, 3.05) is 6.61 Å². The fourth-order valence-corrected chi connectivity index (χ4v) is 1.99. The summed E-state index contributed by atoms with van der Waals surface area (Å²) in [6.45, 7) is -0.954. The van der Waals surface area contributed by atoms with Crippen molar-refractivity contribution in [3.05, 3.63) is 0 Å².